The standard InChI is InChI=1S/C28H32O4/c1-21(2)19-30-20-28(25-7-5-4-6-8-25)32-27-17-24(18-29)13-14-26(27)31-16-15-23-11-9-22(3)10-12-23/h4-14,17-18,21,28H,15-16,19-20H2,1-3H3. The van der Waals surface area contributed by atoms with E-state index in [-0.39, 0.29) is 6.10 Å². The average molecular weight is 433 g/mol. The van der Waals surface area contributed by atoms with Crippen molar-refractivity contribution >= 4 is 6.29 Å². The van der Waals surface area contributed by atoms with Crippen LogP contribution in [0.25, 0.3) is 0 Å². The molecular formula is C28H32O4. The number of aldehydes is 1. The summed E-state index contributed by atoms with van der Waals surface area (Å²) in [5.41, 5.74) is 4.01. The normalized spacial score (nSPS) is 11.9. The highest BCUT2D eigenvalue weighted by Gasteiger charge is 2.17. The fraction of sp³-hybridized carbons (Fsp3) is 0.321. The highest BCUT2D eigenvalue weighted by atomic mass is 16.5. The van der Waals surface area contributed by atoms with E-state index in [9.17, 15) is 4.79 Å². The second-order valence-corrected chi connectivity index (χ2v) is 8.36. The predicted molar refractivity (Wildman–Crippen MR) is 128 cm³/mol. The van der Waals surface area contributed by atoms with E-state index < -0.39 is 0 Å². The van der Waals surface area contributed by atoms with Crippen molar-refractivity contribution in [2.24, 2.45) is 5.92 Å². The molecule has 0 aliphatic carbocycles. The average Bonchev–Trinajstić information content (AvgIpc) is 2.81. The number of benzene rings is 3. The molecule has 0 amide bonds. The minimum atomic E-state index is -0.309. The number of rotatable bonds is 12. The van der Waals surface area contributed by atoms with Gasteiger partial charge in [0.05, 0.1) is 13.2 Å². The van der Waals surface area contributed by atoms with Crippen LogP contribution in [0.4, 0.5) is 0 Å². The molecule has 4 heteroatoms. The maximum Gasteiger partial charge on any atom is 0.162 e. The van der Waals surface area contributed by atoms with Crippen molar-refractivity contribution < 1.29 is 19.0 Å². The molecule has 1 atom stereocenters. The van der Waals surface area contributed by atoms with Gasteiger partial charge >= 0.3 is 0 Å². The topological polar surface area (TPSA) is 44.8 Å². The van der Waals surface area contributed by atoms with Crippen molar-refractivity contribution in [3.63, 3.8) is 0 Å². The summed E-state index contributed by atoms with van der Waals surface area (Å²) in [5.74, 6) is 1.60. The molecule has 0 N–H and O–H groups in total. The molecule has 4 nitrogen and oxygen atoms in total. The lowest BCUT2D eigenvalue weighted by Gasteiger charge is -2.22. The molecule has 0 radical (unpaired) electrons. The SMILES string of the molecule is Cc1ccc(CCOc2ccc(C=O)cc2OC(COCC(C)C)c2ccccc2)cc1. The third-order valence-corrected chi connectivity index (χ3v) is 5.03. The van der Waals surface area contributed by atoms with Crippen LogP contribution in [0.15, 0.2) is 72.8 Å². The van der Waals surface area contributed by atoms with Crippen molar-refractivity contribution in [3.8, 4) is 11.5 Å². The van der Waals surface area contributed by atoms with Gasteiger partial charge < -0.3 is 14.2 Å². The third kappa shape index (κ3) is 7.24. The van der Waals surface area contributed by atoms with E-state index >= 15 is 0 Å². The Morgan fingerprint density at radius 1 is 0.875 bits per heavy atom. The van der Waals surface area contributed by atoms with Crippen molar-refractivity contribution in [2.45, 2.75) is 33.3 Å². The zero-order valence-corrected chi connectivity index (χ0v) is 19.1. The monoisotopic (exact) mass is 432 g/mol. The van der Waals surface area contributed by atoms with E-state index in [2.05, 4.69) is 45.0 Å². The van der Waals surface area contributed by atoms with Gasteiger partial charge in [0.25, 0.3) is 0 Å². The molecule has 3 rings (SSSR count). The Hall–Kier alpha value is -3.11. The molecule has 32 heavy (non-hydrogen) atoms. The smallest absolute Gasteiger partial charge is 0.162 e. The van der Waals surface area contributed by atoms with Crippen LogP contribution in [0.1, 0.15) is 47.0 Å². The first kappa shape index (κ1) is 23.6. The van der Waals surface area contributed by atoms with E-state index in [1.807, 2.05) is 30.3 Å². The van der Waals surface area contributed by atoms with Crippen molar-refractivity contribution in [1.29, 1.82) is 0 Å². The molecule has 0 heterocycles. The van der Waals surface area contributed by atoms with Gasteiger partial charge in [0.1, 0.15) is 12.4 Å². The van der Waals surface area contributed by atoms with Gasteiger partial charge in [-0.2, -0.15) is 0 Å². The van der Waals surface area contributed by atoms with Crippen LogP contribution in [-0.2, 0) is 11.2 Å². The summed E-state index contributed by atoms with van der Waals surface area (Å²) in [6, 6.07) is 23.7. The Balaban J connectivity index is 1.75. The maximum atomic E-state index is 11.4. The first-order valence-corrected chi connectivity index (χ1v) is 11.1. The molecule has 0 aliphatic rings. The van der Waals surface area contributed by atoms with Crippen LogP contribution >= 0.6 is 0 Å². The molecule has 0 aromatic heterocycles. The molecule has 0 aliphatic heterocycles. The van der Waals surface area contributed by atoms with Gasteiger partial charge in [-0.1, -0.05) is 74.0 Å². The van der Waals surface area contributed by atoms with Gasteiger partial charge in [-0.3, -0.25) is 4.79 Å². The van der Waals surface area contributed by atoms with E-state index in [0.29, 0.717) is 42.8 Å². The zero-order valence-electron chi connectivity index (χ0n) is 19.1. The Labute approximate surface area is 191 Å². The molecule has 0 saturated carbocycles. The highest BCUT2D eigenvalue weighted by Crippen LogP contribution is 2.32. The summed E-state index contributed by atoms with van der Waals surface area (Å²) in [6.07, 6.45) is 1.29. The zero-order chi connectivity index (χ0) is 22.8. The van der Waals surface area contributed by atoms with Gasteiger partial charge in [-0.05, 0) is 42.2 Å². The van der Waals surface area contributed by atoms with Gasteiger partial charge in [0.15, 0.2) is 11.5 Å². The van der Waals surface area contributed by atoms with Gasteiger partial charge in [0, 0.05) is 18.6 Å². The van der Waals surface area contributed by atoms with Crippen molar-refractivity contribution in [1.82, 2.24) is 0 Å². The van der Waals surface area contributed by atoms with Gasteiger partial charge in [-0.25, -0.2) is 0 Å². The minimum Gasteiger partial charge on any atom is -0.489 e. The Morgan fingerprint density at radius 3 is 2.31 bits per heavy atom. The number of hydrogen-bond acceptors (Lipinski definition) is 4. The van der Waals surface area contributed by atoms with Crippen LogP contribution in [0.5, 0.6) is 11.5 Å². The molecule has 0 spiro atoms. The number of carbonyl (C=O) groups excluding carboxylic acids is 1. The number of aryl methyl sites for hydroxylation is 1. The van der Waals surface area contributed by atoms with E-state index in [1.165, 1.54) is 11.1 Å². The number of carbonyl (C=O) groups is 1. The fourth-order valence-electron chi connectivity index (χ4n) is 3.27. The van der Waals surface area contributed by atoms with Crippen LogP contribution in [0, 0.1) is 12.8 Å². The van der Waals surface area contributed by atoms with Crippen molar-refractivity contribution in [3.05, 3.63) is 95.1 Å². The van der Waals surface area contributed by atoms with Crippen LogP contribution in [-0.4, -0.2) is 26.1 Å². The Bertz CT molecular complexity index is 964. The summed E-state index contributed by atoms with van der Waals surface area (Å²) in [7, 11) is 0. The molecule has 3 aromatic rings. The summed E-state index contributed by atoms with van der Waals surface area (Å²) in [5, 5.41) is 0. The molecule has 0 saturated heterocycles. The molecule has 0 fully saturated rings. The lowest BCUT2D eigenvalue weighted by molar-refractivity contribution is 0.0356. The van der Waals surface area contributed by atoms with Crippen LogP contribution in [0.3, 0.4) is 0 Å². The van der Waals surface area contributed by atoms with Gasteiger partial charge in [-0.15, -0.1) is 0 Å². The first-order chi connectivity index (χ1) is 15.5. The minimum absolute atomic E-state index is 0.309. The van der Waals surface area contributed by atoms with E-state index in [1.54, 1.807) is 18.2 Å². The second-order valence-electron chi connectivity index (χ2n) is 8.36. The van der Waals surface area contributed by atoms with E-state index in [4.69, 9.17) is 14.2 Å². The molecule has 0 bridgehead atoms. The largest absolute Gasteiger partial charge is 0.489 e. The predicted octanol–water partition coefficient (Wildman–Crippen LogP) is 6.22. The second kappa shape index (κ2) is 12.1. The summed E-state index contributed by atoms with van der Waals surface area (Å²) >= 11 is 0. The third-order valence-electron chi connectivity index (χ3n) is 5.03. The molecule has 3 aromatic carbocycles. The molecular weight excluding hydrogens is 400 g/mol. The maximum absolute atomic E-state index is 11.4. The molecule has 1 unspecified atom stereocenters. The first-order valence-electron chi connectivity index (χ1n) is 11.1. The highest BCUT2D eigenvalue weighted by molar-refractivity contribution is 5.76. The lowest BCUT2D eigenvalue weighted by Crippen LogP contribution is -2.17. The van der Waals surface area contributed by atoms with Crippen LogP contribution < -0.4 is 9.47 Å². The number of hydrogen-bond donors (Lipinski definition) is 0. The Morgan fingerprint density at radius 2 is 1.62 bits per heavy atom. The van der Waals surface area contributed by atoms with E-state index in [0.717, 1.165) is 18.3 Å². The Kier molecular flexibility index (Phi) is 8.88. The van der Waals surface area contributed by atoms with Crippen LogP contribution in [0.2, 0.25) is 0 Å². The van der Waals surface area contributed by atoms with Gasteiger partial charge in [0.2, 0.25) is 0 Å². The summed E-state index contributed by atoms with van der Waals surface area (Å²) < 4.78 is 18.3. The summed E-state index contributed by atoms with van der Waals surface area (Å²) in [4.78, 5) is 11.4. The molecule has 168 valence electrons. The fourth-order valence-corrected chi connectivity index (χ4v) is 3.27. The summed E-state index contributed by atoms with van der Waals surface area (Å²) in [6.45, 7) is 7.89. The quantitative estimate of drug-likeness (QED) is 0.319. The number of ether oxygens (including phenoxy) is 3. The van der Waals surface area contributed by atoms with Crippen molar-refractivity contribution in [2.75, 3.05) is 19.8 Å². The lowest BCUT2D eigenvalue weighted by atomic mass is 10.1.